The van der Waals surface area contributed by atoms with E-state index in [0.29, 0.717) is 25.8 Å². The van der Waals surface area contributed by atoms with Gasteiger partial charge in [0, 0.05) is 25.7 Å². The van der Waals surface area contributed by atoms with Crippen LogP contribution in [0.3, 0.4) is 0 Å². The van der Waals surface area contributed by atoms with Gasteiger partial charge in [0.15, 0.2) is 5.82 Å². The van der Waals surface area contributed by atoms with E-state index in [2.05, 4.69) is 40.6 Å². The van der Waals surface area contributed by atoms with Crippen LogP contribution in [-0.4, -0.2) is 85.5 Å². The predicted molar refractivity (Wildman–Crippen MR) is 101 cm³/mol. The summed E-state index contributed by atoms with van der Waals surface area (Å²) in [5, 5.41) is 23.5. The molecule has 2 aliphatic heterocycles. The van der Waals surface area contributed by atoms with E-state index in [1.165, 1.54) is 0 Å². The number of aliphatic carboxylic acids is 2. The molecule has 1 aromatic rings. The average Bonchev–Trinajstić information content (AvgIpc) is 3.27. The highest BCUT2D eigenvalue weighted by Gasteiger charge is 2.30. The third kappa shape index (κ3) is 6.23. The van der Waals surface area contributed by atoms with Crippen molar-refractivity contribution in [3.8, 4) is 0 Å². The Morgan fingerprint density at radius 1 is 1.21 bits per heavy atom. The maximum absolute atomic E-state index is 12.6. The standard InChI is InChI=1S/C16H27N5O2.C2H2O4/c1-12(2)19(3)9-14-17-18-15-10-20(6-4-7-21(14)15)16(22)13-5-8-23-11-13;3-1(4)2(5)6/h12-13H,4-11H2,1-3H3;(H,3,4)(H,5,6). The molecule has 1 amide bonds. The van der Waals surface area contributed by atoms with Gasteiger partial charge in [-0.25, -0.2) is 9.59 Å². The first-order valence-electron chi connectivity index (χ1n) is 9.64. The van der Waals surface area contributed by atoms with Crippen molar-refractivity contribution in [3.05, 3.63) is 11.6 Å². The summed E-state index contributed by atoms with van der Waals surface area (Å²) in [7, 11) is 2.10. The van der Waals surface area contributed by atoms with Crippen LogP contribution in [0.4, 0.5) is 0 Å². The molecule has 3 rings (SSSR count). The lowest BCUT2D eigenvalue weighted by Gasteiger charge is -2.22. The van der Waals surface area contributed by atoms with Crippen LogP contribution in [0.15, 0.2) is 0 Å². The molecule has 1 aromatic heterocycles. The Morgan fingerprint density at radius 2 is 1.90 bits per heavy atom. The van der Waals surface area contributed by atoms with Crippen LogP contribution < -0.4 is 0 Å². The van der Waals surface area contributed by atoms with Crippen molar-refractivity contribution in [1.82, 2.24) is 24.6 Å². The zero-order chi connectivity index (χ0) is 21.6. The van der Waals surface area contributed by atoms with Crippen LogP contribution in [0.1, 0.15) is 38.3 Å². The fraction of sp³-hybridized carbons (Fsp3) is 0.722. The number of hydrogen-bond acceptors (Lipinski definition) is 7. The molecule has 2 aliphatic rings. The highest BCUT2D eigenvalue weighted by molar-refractivity contribution is 6.27. The van der Waals surface area contributed by atoms with Crippen LogP contribution in [0.5, 0.6) is 0 Å². The van der Waals surface area contributed by atoms with Crippen molar-refractivity contribution in [2.24, 2.45) is 5.92 Å². The first-order valence-corrected chi connectivity index (χ1v) is 9.64. The number of rotatable bonds is 4. The molecular weight excluding hydrogens is 382 g/mol. The van der Waals surface area contributed by atoms with Gasteiger partial charge in [-0.2, -0.15) is 0 Å². The minimum Gasteiger partial charge on any atom is -0.473 e. The molecule has 0 saturated carbocycles. The van der Waals surface area contributed by atoms with Crippen molar-refractivity contribution in [1.29, 1.82) is 0 Å². The van der Waals surface area contributed by atoms with Gasteiger partial charge < -0.3 is 24.4 Å². The summed E-state index contributed by atoms with van der Waals surface area (Å²) < 4.78 is 7.55. The van der Waals surface area contributed by atoms with Crippen molar-refractivity contribution in [2.45, 2.75) is 52.4 Å². The summed E-state index contributed by atoms with van der Waals surface area (Å²) in [6, 6.07) is 0.467. The summed E-state index contributed by atoms with van der Waals surface area (Å²) in [5.74, 6) is -1.52. The van der Waals surface area contributed by atoms with E-state index in [9.17, 15) is 4.79 Å². The van der Waals surface area contributed by atoms with Crippen molar-refractivity contribution in [3.63, 3.8) is 0 Å². The normalized spacial score (nSPS) is 18.8. The van der Waals surface area contributed by atoms with Gasteiger partial charge in [0.05, 0.1) is 25.6 Å². The zero-order valence-corrected chi connectivity index (χ0v) is 17.1. The zero-order valence-electron chi connectivity index (χ0n) is 17.1. The van der Waals surface area contributed by atoms with Gasteiger partial charge in [-0.05, 0) is 33.7 Å². The van der Waals surface area contributed by atoms with E-state index < -0.39 is 11.9 Å². The Morgan fingerprint density at radius 3 is 2.45 bits per heavy atom. The highest BCUT2D eigenvalue weighted by Crippen LogP contribution is 2.20. The molecule has 0 spiro atoms. The number of amides is 1. The number of nitrogens with zero attached hydrogens (tertiary/aromatic N) is 5. The van der Waals surface area contributed by atoms with E-state index in [1.807, 2.05) is 4.90 Å². The molecular formula is C18H29N5O6. The summed E-state index contributed by atoms with van der Waals surface area (Å²) >= 11 is 0. The van der Waals surface area contributed by atoms with E-state index in [1.54, 1.807) is 0 Å². The first-order chi connectivity index (χ1) is 13.7. The Kier molecular flexibility index (Phi) is 8.09. The number of carboxylic acid groups (broad SMARTS) is 2. The maximum atomic E-state index is 12.6. The molecule has 0 radical (unpaired) electrons. The fourth-order valence-electron chi connectivity index (χ4n) is 3.12. The number of carboxylic acids is 2. The number of ether oxygens (including phenoxy) is 1. The third-order valence-electron chi connectivity index (χ3n) is 5.09. The van der Waals surface area contributed by atoms with Crippen LogP contribution in [0, 0.1) is 5.92 Å². The Hall–Kier alpha value is -2.53. The largest absolute Gasteiger partial charge is 0.473 e. The van der Waals surface area contributed by atoms with Crippen molar-refractivity contribution >= 4 is 17.8 Å². The minimum absolute atomic E-state index is 0.0241. The first kappa shape index (κ1) is 22.8. The number of carbonyl (C=O) groups is 3. The summed E-state index contributed by atoms with van der Waals surface area (Å²) in [6.45, 7) is 8.63. The third-order valence-corrected chi connectivity index (χ3v) is 5.09. The van der Waals surface area contributed by atoms with Gasteiger partial charge in [0.1, 0.15) is 5.82 Å². The lowest BCUT2D eigenvalue weighted by molar-refractivity contribution is -0.159. The summed E-state index contributed by atoms with van der Waals surface area (Å²) in [6.07, 6.45) is 1.79. The molecule has 1 atom stereocenters. The second kappa shape index (κ2) is 10.3. The molecule has 2 N–H and O–H groups in total. The highest BCUT2D eigenvalue weighted by atomic mass is 16.5. The molecule has 0 aliphatic carbocycles. The second-order valence-corrected chi connectivity index (χ2v) is 7.48. The Labute approximate surface area is 169 Å². The molecule has 11 heteroatoms. The Bertz CT molecular complexity index is 716. The fourth-order valence-corrected chi connectivity index (χ4v) is 3.12. The molecule has 11 nitrogen and oxygen atoms in total. The average molecular weight is 411 g/mol. The monoisotopic (exact) mass is 411 g/mol. The van der Waals surface area contributed by atoms with Gasteiger partial charge >= 0.3 is 11.9 Å². The number of carbonyl (C=O) groups excluding carboxylic acids is 1. The lowest BCUT2D eigenvalue weighted by atomic mass is 10.1. The minimum atomic E-state index is -1.82. The SMILES string of the molecule is CC(C)N(C)Cc1nnc2n1CCCN(C(=O)C1CCOC1)C2.O=C(O)C(=O)O. The van der Waals surface area contributed by atoms with Gasteiger partial charge in [0.25, 0.3) is 0 Å². The van der Waals surface area contributed by atoms with Gasteiger partial charge in [-0.3, -0.25) is 9.69 Å². The van der Waals surface area contributed by atoms with Gasteiger partial charge in [0.2, 0.25) is 5.91 Å². The molecule has 1 saturated heterocycles. The maximum Gasteiger partial charge on any atom is 0.414 e. The van der Waals surface area contributed by atoms with Crippen LogP contribution in [0.2, 0.25) is 0 Å². The Balaban J connectivity index is 0.000000438. The predicted octanol–water partition coefficient (Wildman–Crippen LogP) is 0.0427. The van der Waals surface area contributed by atoms with E-state index in [0.717, 1.165) is 44.1 Å². The molecule has 162 valence electrons. The van der Waals surface area contributed by atoms with Crippen molar-refractivity contribution in [2.75, 3.05) is 26.8 Å². The van der Waals surface area contributed by atoms with Crippen LogP contribution in [-0.2, 0) is 38.8 Å². The smallest absolute Gasteiger partial charge is 0.414 e. The molecule has 0 bridgehead atoms. The van der Waals surface area contributed by atoms with Crippen LogP contribution in [0.25, 0.3) is 0 Å². The van der Waals surface area contributed by atoms with E-state index in [4.69, 9.17) is 24.5 Å². The number of fused-ring (bicyclic) bond motifs is 1. The summed E-state index contributed by atoms with van der Waals surface area (Å²) in [5.41, 5.74) is 0. The van der Waals surface area contributed by atoms with Gasteiger partial charge in [-0.1, -0.05) is 0 Å². The molecule has 1 fully saturated rings. The second-order valence-electron chi connectivity index (χ2n) is 7.48. The van der Waals surface area contributed by atoms with Crippen LogP contribution >= 0.6 is 0 Å². The molecule has 0 aromatic carbocycles. The topological polar surface area (TPSA) is 138 Å². The quantitative estimate of drug-likeness (QED) is 0.658. The summed E-state index contributed by atoms with van der Waals surface area (Å²) in [4.78, 5) is 35.0. The number of hydrogen-bond donors (Lipinski definition) is 2. The molecule has 3 heterocycles. The lowest BCUT2D eigenvalue weighted by Crippen LogP contribution is -2.36. The molecule has 29 heavy (non-hydrogen) atoms. The van der Waals surface area contributed by atoms with Crippen molar-refractivity contribution < 1.29 is 29.3 Å². The van der Waals surface area contributed by atoms with Gasteiger partial charge in [-0.15, -0.1) is 10.2 Å². The number of aromatic nitrogens is 3. The molecule has 1 unspecified atom stereocenters. The van der Waals surface area contributed by atoms with E-state index in [-0.39, 0.29) is 11.8 Å². The van der Waals surface area contributed by atoms with E-state index >= 15 is 0 Å².